The zero-order chi connectivity index (χ0) is 31.1. The third-order valence-electron chi connectivity index (χ3n) is 8.24. The molecule has 5 aromatic rings. The van der Waals surface area contributed by atoms with Gasteiger partial charge in [-0.25, -0.2) is 14.2 Å². The fourth-order valence-electron chi connectivity index (χ4n) is 5.92. The van der Waals surface area contributed by atoms with Crippen molar-refractivity contribution in [2.24, 2.45) is 4.99 Å². The number of carbonyl (C=O) groups excluding carboxylic acids is 1. The summed E-state index contributed by atoms with van der Waals surface area (Å²) in [6.07, 6.45) is 1.94. The number of halogens is 1. The maximum Gasteiger partial charge on any atom is 0.338 e. The molecule has 0 radical (unpaired) electrons. The molecule has 0 saturated carbocycles. The highest BCUT2D eigenvalue weighted by Gasteiger charge is 2.33. The third kappa shape index (κ3) is 5.24. The summed E-state index contributed by atoms with van der Waals surface area (Å²) < 4.78 is 23.4. The van der Waals surface area contributed by atoms with Gasteiger partial charge in [-0.2, -0.15) is 0 Å². The lowest BCUT2D eigenvalue weighted by Gasteiger charge is -2.25. The number of allylic oxidation sites excluding steroid dienone is 1. The summed E-state index contributed by atoms with van der Waals surface area (Å²) in [5.41, 5.74) is 6.63. The van der Waals surface area contributed by atoms with Crippen LogP contribution in [0.25, 0.3) is 17.0 Å². The smallest absolute Gasteiger partial charge is 0.338 e. The van der Waals surface area contributed by atoms with E-state index in [9.17, 15) is 14.0 Å². The van der Waals surface area contributed by atoms with Crippen molar-refractivity contribution in [2.75, 3.05) is 6.61 Å². The van der Waals surface area contributed by atoms with Crippen molar-refractivity contribution in [3.63, 3.8) is 0 Å². The lowest BCUT2D eigenvalue weighted by Crippen LogP contribution is -2.40. The van der Waals surface area contributed by atoms with Crippen LogP contribution in [0.15, 0.2) is 93.9 Å². The molecule has 8 heteroatoms. The number of hydrogen-bond donors (Lipinski definition) is 0. The van der Waals surface area contributed by atoms with Gasteiger partial charge in [0.1, 0.15) is 5.82 Å². The van der Waals surface area contributed by atoms with Gasteiger partial charge in [0.15, 0.2) is 4.80 Å². The Kier molecular flexibility index (Phi) is 7.95. The number of esters is 1. The Morgan fingerprint density at radius 2 is 1.75 bits per heavy atom. The van der Waals surface area contributed by atoms with Crippen LogP contribution in [-0.2, 0) is 16.1 Å². The van der Waals surface area contributed by atoms with Crippen molar-refractivity contribution in [3.8, 4) is 0 Å². The van der Waals surface area contributed by atoms with Crippen LogP contribution in [0.4, 0.5) is 4.39 Å². The highest BCUT2D eigenvalue weighted by Crippen LogP contribution is 2.32. The summed E-state index contributed by atoms with van der Waals surface area (Å²) in [4.78, 5) is 32.8. The number of para-hydroxylation sites is 1. The minimum Gasteiger partial charge on any atom is -0.463 e. The maximum absolute atomic E-state index is 14.3. The Balaban J connectivity index is 1.53. The van der Waals surface area contributed by atoms with Gasteiger partial charge in [-0.05, 0) is 67.7 Å². The lowest BCUT2D eigenvalue weighted by molar-refractivity contribution is -0.139. The molecule has 0 bridgehead atoms. The fourth-order valence-corrected chi connectivity index (χ4v) is 6.95. The molecule has 44 heavy (non-hydrogen) atoms. The van der Waals surface area contributed by atoms with E-state index in [0.717, 1.165) is 33.3 Å². The van der Waals surface area contributed by atoms with E-state index in [1.165, 1.54) is 29.0 Å². The summed E-state index contributed by atoms with van der Waals surface area (Å²) in [7, 11) is 0. The molecule has 6 rings (SSSR count). The second-order valence-electron chi connectivity index (χ2n) is 11.4. The van der Waals surface area contributed by atoms with Crippen molar-refractivity contribution < 1.29 is 13.9 Å². The average molecular weight is 608 g/mol. The van der Waals surface area contributed by atoms with Crippen molar-refractivity contribution in [1.82, 2.24) is 9.13 Å². The van der Waals surface area contributed by atoms with E-state index in [1.54, 1.807) is 30.5 Å². The summed E-state index contributed by atoms with van der Waals surface area (Å²) in [6, 6.07) is 22.0. The number of ether oxygens (including phenoxy) is 1. The third-order valence-corrected chi connectivity index (χ3v) is 9.23. The number of hydrogen-bond acceptors (Lipinski definition) is 5. The number of carbonyl (C=O) groups is 1. The molecule has 0 N–H and O–H groups in total. The van der Waals surface area contributed by atoms with Crippen LogP contribution >= 0.6 is 11.3 Å². The zero-order valence-corrected chi connectivity index (χ0v) is 26.2. The molecule has 0 aliphatic carbocycles. The molecule has 3 aromatic carbocycles. The highest BCUT2D eigenvalue weighted by molar-refractivity contribution is 7.07. The first-order chi connectivity index (χ1) is 21.2. The van der Waals surface area contributed by atoms with E-state index in [1.807, 2.05) is 49.4 Å². The SMILES string of the molecule is CCOC(=O)C1=C(C)N=c2sc(=Cc3c(C)n(Cc4ccc(F)cc4)c4ccccc34)c(=O)n2C1c1ccc(C(C)C)cc1. The second kappa shape index (κ2) is 11.8. The minimum absolute atomic E-state index is 0.212. The van der Waals surface area contributed by atoms with E-state index in [0.29, 0.717) is 33.1 Å². The van der Waals surface area contributed by atoms with Gasteiger partial charge in [0.25, 0.3) is 5.56 Å². The van der Waals surface area contributed by atoms with Gasteiger partial charge < -0.3 is 9.30 Å². The Morgan fingerprint density at radius 3 is 2.43 bits per heavy atom. The minimum atomic E-state index is -0.658. The normalized spacial score (nSPS) is 15.2. The highest BCUT2D eigenvalue weighted by atomic mass is 32.1. The molecule has 3 heterocycles. The summed E-state index contributed by atoms with van der Waals surface area (Å²) in [5.74, 6) is -0.392. The molecule has 1 aliphatic rings. The fraction of sp³-hybridized carbons (Fsp3) is 0.250. The first kappa shape index (κ1) is 29.5. The van der Waals surface area contributed by atoms with E-state index in [2.05, 4.69) is 30.5 Å². The largest absolute Gasteiger partial charge is 0.463 e. The summed E-state index contributed by atoms with van der Waals surface area (Å²) in [6.45, 7) is 10.6. The Bertz CT molecular complexity index is 2100. The summed E-state index contributed by atoms with van der Waals surface area (Å²) in [5, 5.41) is 1.02. The van der Waals surface area contributed by atoms with Crippen LogP contribution in [-0.4, -0.2) is 21.7 Å². The number of nitrogens with zero attached hydrogens (tertiary/aromatic N) is 3. The quantitative estimate of drug-likeness (QED) is 0.202. The number of rotatable bonds is 7. The van der Waals surface area contributed by atoms with Gasteiger partial charge in [0.2, 0.25) is 0 Å². The van der Waals surface area contributed by atoms with Crippen molar-refractivity contribution in [3.05, 3.63) is 138 Å². The predicted octanol–water partition coefficient (Wildman–Crippen LogP) is 6.37. The van der Waals surface area contributed by atoms with Gasteiger partial charge in [-0.15, -0.1) is 0 Å². The monoisotopic (exact) mass is 607 g/mol. The van der Waals surface area contributed by atoms with Crippen LogP contribution in [0.3, 0.4) is 0 Å². The van der Waals surface area contributed by atoms with Crippen LogP contribution in [0, 0.1) is 12.7 Å². The molecule has 0 saturated heterocycles. The van der Waals surface area contributed by atoms with Crippen molar-refractivity contribution >= 4 is 34.3 Å². The van der Waals surface area contributed by atoms with E-state index in [4.69, 9.17) is 9.73 Å². The number of aromatic nitrogens is 2. The molecule has 0 fully saturated rings. The van der Waals surface area contributed by atoms with Crippen molar-refractivity contribution in [1.29, 1.82) is 0 Å². The molecule has 1 atom stereocenters. The molecular weight excluding hydrogens is 573 g/mol. The summed E-state index contributed by atoms with van der Waals surface area (Å²) >= 11 is 1.32. The Hall–Kier alpha value is -4.56. The molecule has 0 amide bonds. The van der Waals surface area contributed by atoms with E-state index >= 15 is 0 Å². The Morgan fingerprint density at radius 1 is 1.05 bits per heavy atom. The van der Waals surface area contributed by atoms with Crippen molar-refractivity contribution in [2.45, 2.75) is 53.1 Å². The molecule has 2 aromatic heterocycles. The molecule has 224 valence electrons. The van der Waals surface area contributed by atoms with E-state index in [-0.39, 0.29) is 18.0 Å². The van der Waals surface area contributed by atoms with Gasteiger partial charge in [-0.3, -0.25) is 9.36 Å². The number of benzene rings is 3. The molecule has 1 unspecified atom stereocenters. The average Bonchev–Trinajstić information content (AvgIpc) is 3.46. The first-order valence-corrected chi connectivity index (χ1v) is 15.6. The molecular formula is C36H34FN3O3S. The topological polar surface area (TPSA) is 65.6 Å². The van der Waals surface area contributed by atoms with Gasteiger partial charge in [0, 0.05) is 28.7 Å². The zero-order valence-electron chi connectivity index (χ0n) is 25.4. The van der Waals surface area contributed by atoms with Crippen LogP contribution in [0.5, 0.6) is 0 Å². The molecule has 6 nitrogen and oxygen atoms in total. The molecule has 0 spiro atoms. The second-order valence-corrected chi connectivity index (χ2v) is 12.4. The first-order valence-electron chi connectivity index (χ1n) is 14.8. The predicted molar refractivity (Wildman–Crippen MR) is 173 cm³/mol. The lowest BCUT2D eigenvalue weighted by atomic mass is 9.93. The maximum atomic E-state index is 14.3. The number of fused-ring (bicyclic) bond motifs is 2. The standard InChI is InChI=1S/C36H34FN3O3S/c1-6-43-35(42)32-22(4)38-36-40(33(32)26-15-13-25(14-16-26)21(2)3)34(41)31(44-36)19-29-23(5)39(30-10-8-7-9-28(29)30)20-24-11-17-27(37)18-12-24/h7-19,21,33H,6,20H2,1-5H3. The van der Waals surface area contributed by atoms with E-state index < -0.39 is 12.0 Å². The van der Waals surface area contributed by atoms with Crippen LogP contribution in [0.1, 0.15) is 67.6 Å². The van der Waals surface area contributed by atoms with Gasteiger partial charge in [-0.1, -0.05) is 79.8 Å². The van der Waals surface area contributed by atoms with Crippen LogP contribution < -0.4 is 14.9 Å². The van der Waals surface area contributed by atoms with Gasteiger partial charge >= 0.3 is 5.97 Å². The Labute approximate surface area is 259 Å². The van der Waals surface area contributed by atoms with Crippen LogP contribution in [0.2, 0.25) is 0 Å². The van der Waals surface area contributed by atoms with Gasteiger partial charge in [0.05, 0.1) is 28.5 Å². The molecule has 1 aliphatic heterocycles. The number of thiazole rings is 1.